The molecule has 4 aromatic rings. The summed E-state index contributed by atoms with van der Waals surface area (Å²) in [5.41, 5.74) is 4.73. The van der Waals surface area contributed by atoms with Gasteiger partial charge in [-0.2, -0.15) is 0 Å². The van der Waals surface area contributed by atoms with Crippen molar-refractivity contribution in [2.45, 2.75) is 45.3 Å². The minimum Gasteiger partial charge on any atom is -0.385 e. The lowest BCUT2D eigenvalue weighted by Crippen LogP contribution is -2.06. The summed E-state index contributed by atoms with van der Waals surface area (Å²) < 4.78 is 0. The van der Waals surface area contributed by atoms with Crippen LogP contribution in [-0.2, 0) is 0 Å². The normalized spacial score (nSPS) is 15.6. The van der Waals surface area contributed by atoms with Crippen molar-refractivity contribution in [3.8, 4) is 0 Å². The minimum atomic E-state index is 0.979. The van der Waals surface area contributed by atoms with Gasteiger partial charge < -0.3 is 21.3 Å². The summed E-state index contributed by atoms with van der Waals surface area (Å²) in [6, 6.07) is 35.0. The molecule has 4 nitrogen and oxygen atoms in total. The van der Waals surface area contributed by atoms with Crippen LogP contribution in [0.5, 0.6) is 0 Å². The summed E-state index contributed by atoms with van der Waals surface area (Å²) in [5.74, 6) is 0. The Morgan fingerprint density at radius 3 is 0.700 bits per heavy atom. The number of hydrogen-bond donors (Lipinski definition) is 4. The molecule has 4 N–H and O–H groups in total. The maximum absolute atomic E-state index is 3.55. The Balaban J connectivity index is 1.15. The highest BCUT2D eigenvalue weighted by molar-refractivity contribution is 8.77. The van der Waals surface area contributed by atoms with E-state index >= 15 is 0 Å². The Morgan fingerprint density at radius 2 is 0.500 bits per heavy atom. The van der Waals surface area contributed by atoms with Crippen LogP contribution in [-0.4, -0.2) is 26.2 Å². The van der Waals surface area contributed by atoms with Crippen molar-refractivity contribution in [1.29, 1.82) is 0 Å². The zero-order chi connectivity index (χ0) is 27.2. The Kier molecular flexibility index (Phi) is 11.6. The van der Waals surface area contributed by atoms with E-state index in [1.54, 1.807) is 43.2 Å². The molecule has 0 saturated heterocycles. The molecule has 0 radical (unpaired) electrons. The fraction of sp³-hybridized carbons (Fsp3) is 0.250. The van der Waals surface area contributed by atoms with Gasteiger partial charge in [0.2, 0.25) is 0 Å². The Hall–Kier alpha value is -2.52. The zero-order valence-corrected chi connectivity index (χ0v) is 25.8. The SMILES string of the molecule is c1cc2ccc1NCCCCNc1ccc(cc1)SSc1ccc(cc1)NCCCCNc1ccc(cc1)SS2. The van der Waals surface area contributed by atoms with E-state index in [9.17, 15) is 0 Å². The largest absolute Gasteiger partial charge is 0.385 e. The van der Waals surface area contributed by atoms with Crippen LogP contribution in [0.3, 0.4) is 0 Å². The van der Waals surface area contributed by atoms with Gasteiger partial charge in [-0.05, 0) is 123 Å². The van der Waals surface area contributed by atoms with Gasteiger partial charge in [0.25, 0.3) is 0 Å². The summed E-state index contributed by atoms with van der Waals surface area (Å²) in [6.07, 6.45) is 4.51. The van der Waals surface area contributed by atoms with E-state index in [4.69, 9.17) is 0 Å². The smallest absolute Gasteiger partial charge is 0.0340 e. The molecule has 0 unspecified atom stereocenters. The highest BCUT2D eigenvalue weighted by Crippen LogP contribution is 2.39. The Labute approximate surface area is 254 Å². The molecule has 10 heterocycles. The molecule has 10 aliphatic heterocycles. The third-order valence-corrected chi connectivity index (χ3v) is 11.2. The van der Waals surface area contributed by atoms with Crippen LogP contribution in [0.1, 0.15) is 25.7 Å². The van der Waals surface area contributed by atoms with Crippen LogP contribution in [0.4, 0.5) is 22.7 Å². The minimum absolute atomic E-state index is 0.979. The number of benzene rings is 4. The molecule has 8 bridgehead atoms. The Bertz CT molecular complexity index is 1070. The molecular weight excluding hydrogens is 569 g/mol. The van der Waals surface area contributed by atoms with Crippen molar-refractivity contribution in [2.75, 3.05) is 47.4 Å². The van der Waals surface area contributed by atoms with Gasteiger partial charge in [0.1, 0.15) is 0 Å². The van der Waals surface area contributed by atoms with Crippen molar-refractivity contribution in [3.05, 3.63) is 97.1 Å². The predicted octanol–water partition coefficient (Wildman–Crippen LogP) is 10.2. The highest BCUT2D eigenvalue weighted by Gasteiger charge is 2.02. The fourth-order valence-corrected chi connectivity index (χ4v) is 8.00. The second-order valence-corrected chi connectivity index (χ2v) is 14.1. The van der Waals surface area contributed by atoms with Crippen molar-refractivity contribution in [3.63, 3.8) is 0 Å². The molecule has 0 atom stereocenters. The third kappa shape index (κ3) is 9.84. The first-order valence-corrected chi connectivity index (χ1v) is 18.1. The molecule has 40 heavy (non-hydrogen) atoms. The van der Waals surface area contributed by atoms with Gasteiger partial charge in [-0.3, -0.25) is 0 Å². The predicted molar refractivity (Wildman–Crippen MR) is 182 cm³/mol. The van der Waals surface area contributed by atoms with Crippen molar-refractivity contribution >= 4 is 65.9 Å². The lowest BCUT2D eigenvalue weighted by molar-refractivity contribution is 0.796. The molecule has 0 fully saturated rings. The van der Waals surface area contributed by atoms with Gasteiger partial charge in [-0.15, -0.1) is 0 Å². The van der Waals surface area contributed by atoms with Gasteiger partial charge in [0, 0.05) is 68.5 Å². The first kappa shape index (κ1) is 29.0. The first-order valence-electron chi connectivity index (χ1n) is 13.8. The quantitative estimate of drug-likeness (QED) is 0.148. The van der Waals surface area contributed by atoms with Crippen LogP contribution >= 0.6 is 43.2 Å². The average molecular weight is 605 g/mol. The lowest BCUT2D eigenvalue weighted by Gasteiger charge is -2.10. The molecule has 0 amide bonds. The molecule has 0 aliphatic carbocycles. The molecule has 14 rings (SSSR count). The molecule has 10 aliphatic rings. The molecule has 0 aromatic heterocycles. The van der Waals surface area contributed by atoms with Crippen LogP contribution < -0.4 is 21.3 Å². The number of nitrogens with one attached hydrogen (secondary N) is 4. The Morgan fingerprint density at radius 1 is 0.300 bits per heavy atom. The standard InChI is InChI=1S/C32H36N4S4/c1-2-22-34-26-7-15-30(16-8-26)38-40-32-19-11-28(12-20-32)36-24-4-3-23-35-27-9-17-31(18-10-27)39-37-29-13-5-25(6-14-29)33-21-1/h5-20,33-36H,1-4,21-24H2. The maximum Gasteiger partial charge on any atom is 0.0340 e. The van der Waals surface area contributed by atoms with E-state index in [2.05, 4.69) is 118 Å². The van der Waals surface area contributed by atoms with Gasteiger partial charge >= 0.3 is 0 Å². The van der Waals surface area contributed by atoms with E-state index in [1.807, 2.05) is 0 Å². The number of hydrogen-bond acceptors (Lipinski definition) is 8. The summed E-state index contributed by atoms with van der Waals surface area (Å²) in [7, 11) is 7.21. The van der Waals surface area contributed by atoms with E-state index in [-0.39, 0.29) is 0 Å². The van der Waals surface area contributed by atoms with E-state index in [0.717, 1.165) is 51.9 Å². The van der Waals surface area contributed by atoms with Crippen molar-refractivity contribution in [2.24, 2.45) is 0 Å². The summed E-state index contributed by atoms with van der Waals surface area (Å²) in [4.78, 5) is 5.06. The third-order valence-electron chi connectivity index (χ3n) is 6.41. The number of anilines is 4. The highest BCUT2D eigenvalue weighted by atomic mass is 33.1. The molecule has 8 heteroatoms. The van der Waals surface area contributed by atoms with E-state index in [1.165, 1.54) is 42.3 Å². The lowest BCUT2D eigenvalue weighted by atomic mass is 10.2. The molecule has 0 spiro atoms. The second-order valence-electron chi connectivity index (χ2n) is 9.55. The van der Waals surface area contributed by atoms with Crippen LogP contribution in [0, 0.1) is 0 Å². The molecule has 208 valence electrons. The molecular formula is C32H36N4S4. The van der Waals surface area contributed by atoms with Crippen LogP contribution in [0.25, 0.3) is 0 Å². The van der Waals surface area contributed by atoms with Gasteiger partial charge in [0.15, 0.2) is 0 Å². The topological polar surface area (TPSA) is 48.1 Å². The van der Waals surface area contributed by atoms with E-state index < -0.39 is 0 Å². The van der Waals surface area contributed by atoms with Crippen LogP contribution in [0.15, 0.2) is 117 Å². The van der Waals surface area contributed by atoms with Gasteiger partial charge in [-0.1, -0.05) is 43.2 Å². The van der Waals surface area contributed by atoms with Crippen LogP contribution in [0.2, 0.25) is 0 Å². The van der Waals surface area contributed by atoms with E-state index in [0.29, 0.717) is 0 Å². The molecule has 0 saturated carbocycles. The summed E-state index contributed by atoms with van der Waals surface area (Å²) >= 11 is 0. The number of rotatable bonds is 0. The zero-order valence-electron chi connectivity index (χ0n) is 22.5. The summed E-state index contributed by atoms with van der Waals surface area (Å²) in [6.45, 7) is 3.92. The second kappa shape index (κ2) is 16.1. The maximum atomic E-state index is 3.55. The van der Waals surface area contributed by atoms with Gasteiger partial charge in [-0.25, -0.2) is 0 Å². The van der Waals surface area contributed by atoms with Gasteiger partial charge in [0.05, 0.1) is 0 Å². The monoisotopic (exact) mass is 604 g/mol. The average Bonchev–Trinajstić information content (AvgIpc) is 3.00. The summed E-state index contributed by atoms with van der Waals surface area (Å²) in [5, 5.41) is 14.2. The first-order chi connectivity index (χ1) is 19.8. The van der Waals surface area contributed by atoms with Crippen molar-refractivity contribution in [1.82, 2.24) is 0 Å². The fourth-order valence-electron chi connectivity index (χ4n) is 4.14. The molecule has 4 aromatic carbocycles. The van der Waals surface area contributed by atoms with Crippen molar-refractivity contribution < 1.29 is 0 Å².